The Balaban J connectivity index is 1.74. The molecule has 4 aromatic rings. The van der Waals surface area contributed by atoms with Crippen LogP contribution in [0.2, 0.25) is 0 Å². The largest absolute Gasteiger partial charge is 0.504 e. The molecule has 0 unspecified atom stereocenters. The maximum atomic E-state index is 13.3. The van der Waals surface area contributed by atoms with E-state index in [1.165, 1.54) is 43.5 Å². The number of thiophene rings is 1. The van der Waals surface area contributed by atoms with E-state index >= 15 is 0 Å². The number of hydrogen-bond acceptors (Lipinski definition) is 7. The van der Waals surface area contributed by atoms with Crippen LogP contribution in [0.4, 0.5) is 9.39 Å². The number of methoxy groups -OCH3 is 1. The zero-order chi connectivity index (χ0) is 22.1. The molecule has 31 heavy (non-hydrogen) atoms. The summed E-state index contributed by atoms with van der Waals surface area (Å²) in [5, 5.41) is 22.8. The summed E-state index contributed by atoms with van der Waals surface area (Å²) in [7, 11) is 1.22. The van der Waals surface area contributed by atoms with Crippen LogP contribution in [0.3, 0.4) is 0 Å². The molecule has 1 amide bonds. The van der Waals surface area contributed by atoms with Crippen LogP contribution >= 0.6 is 11.3 Å². The summed E-state index contributed by atoms with van der Waals surface area (Å²) in [5.74, 6) is -1.90. The normalized spacial score (nSPS) is 10.8. The van der Waals surface area contributed by atoms with Crippen LogP contribution in [0.1, 0.15) is 20.7 Å². The molecule has 0 aliphatic carbocycles. The molecule has 0 atom stereocenters. The molecule has 2 aromatic heterocycles. The first kappa shape index (κ1) is 20.3. The predicted octanol–water partition coefficient (Wildman–Crippen LogP) is 4.52. The monoisotopic (exact) mass is 438 g/mol. The van der Waals surface area contributed by atoms with Gasteiger partial charge in [0, 0.05) is 16.3 Å². The van der Waals surface area contributed by atoms with E-state index in [1.54, 1.807) is 17.5 Å². The maximum Gasteiger partial charge on any atom is 0.341 e. The lowest BCUT2D eigenvalue weighted by molar-refractivity contribution is 0.0603. The summed E-state index contributed by atoms with van der Waals surface area (Å²) >= 11 is 1.10. The van der Waals surface area contributed by atoms with Gasteiger partial charge in [-0.15, -0.1) is 11.3 Å². The topological polar surface area (TPSA) is 113 Å². The Morgan fingerprint density at radius 1 is 1.19 bits per heavy atom. The second-order valence-electron chi connectivity index (χ2n) is 6.49. The summed E-state index contributed by atoms with van der Waals surface area (Å²) in [5.41, 5.74) is 0.748. The molecule has 0 spiro atoms. The van der Waals surface area contributed by atoms with Crippen molar-refractivity contribution in [2.45, 2.75) is 0 Å². The van der Waals surface area contributed by atoms with Crippen molar-refractivity contribution in [3.8, 4) is 16.9 Å². The number of phenols is 1. The average molecular weight is 438 g/mol. The van der Waals surface area contributed by atoms with Gasteiger partial charge in [-0.3, -0.25) is 10.2 Å². The van der Waals surface area contributed by atoms with Gasteiger partial charge in [-0.05, 0) is 29.8 Å². The quantitative estimate of drug-likeness (QED) is 0.406. The standard InChI is InChI=1S/C22H15FN2O5S/c1-29-22(28)17-15(11-5-7-13(23)8-6-11)10-31-21(17)25-20(27)14-9-12-3-2-4-16(26)18(12)30-19(14)24/h2-10,24,26H,1H3,(H,25,27). The Kier molecular flexibility index (Phi) is 5.26. The summed E-state index contributed by atoms with van der Waals surface area (Å²) < 4.78 is 23.4. The minimum absolute atomic E-state index is 0.0781. The van der Waals surface area contributed by atoms with Crippen molar-refractivity contribution in [2.24, 2.45) is 0 Å². The van der Waals surface area contributed by atoms with E-state index in [9.17, 15) is 19.1 Å². The molecule has 2 aromatic carbocycles. The van der Waals surface area contributed by atoms with E-state index in [1.807, 2.05) is 0 Å². The molecule has 0 bridgehead atoms. The second kappa shape index (κ2) is 8.04. The number of ether oxygens (including phenoxy) is 1. The van der Waals surface area contributed by atoms with E-state index < -0.39 is 23.2 Å². The molecule has 0 saturated carbocycles. The highest BCUT2D eigenvalue weighted by atomic mass is 32.1. The number of halogens is 1. The zero-order valence-electron chi connectivity index (χ0n) is 16.1. The van der Waals surface area contributed by atoms with Crippen LogP contribution in [-0.4, -0.2) is 24.1 Å². The second-order valence-corrected chi connectivity index (χ2v) is 7.37. The van der Waals surface area contributed by atoms with Gasteiger partial charge in [0.05, 0.1) is 7.11 Å². The lowest BCUT2D eigenvalue weighted by Crippen LogP contribution is -2.21. The fraction of sp³-hybridized carbons (Fsp3) is 0.0455. The number of para-hydroxylation sites is 1. The van der Waals surface area contributed by atoms with Crippen molar-refractivity contribution in [2.75, 3.05) is 12.4 Å². The van der Waals surface area contributed by atoms with Gasteiger partial charge in [0.15, 0.2) is 11.3 Å². The van der Waals surface area contributed by atoms with Crippen LogP contribution in [0.25, 0.3) is 22.1 Å². The Morgan fingerprint density at radius 2 is 1.94 bits per heavy atom. The van der Waals surface area contributed by atoms with Gasteiger partial charge in [0.1, 0.15) is 21.9 Å². The van der Waals surface area contributed by atoms with E-state index in [2.05, 4.69) is 5.32 Å². The van der Waals surface area contributed by atoms with Crippen molar-refractivity contribution in [3.63, 3.8) is 0 Å². The molecule has 9 heteroatoms. The number of phenolic OH excluding ortho intramolecular Hbond substituents is 1. The highest BCUT2D eigenvalue weighted by Gasteiger charge is 2.23. The van der Waals surface area contributed by atoms with E-state index in [0.29, 0.717) is 16.5 Å². The van der Waals surface area contributed by atoms with Crippen LogP contribution in [0.15, 0.2) is 58.3 Å². The third kappa shape index (κ3) is 3.78. The van der Waals surface area contributed by atoms with Crippen molar-refractivity contribution < 1.29 is 28.2 Å². The molecule has 0 radical (unpaired) electrons. The van der Waals surface area contributed by atoms with Crippen molar-refractivity contribution in [3.05, 3.63) is 76.4 Å². The zero-order valence-corrected chi connectivity index (χ0v) is 16.9. The number of carbonyl (C=O) groups is 2. The summed E-state index contributed by atoms with van der Waals surface area (Å²) in [4.78, 5) is 25.3. The number of aromatic hydroxyl groups is 1. The number of benzene rings is 2. The molecule has 0 fully saturated rings. The minimum atomic E-state index is -0.671. The van der Waals surface area contributed by atoms with Crippen LogP contribution in [-0.2, 0) is 4.74 Å². The van der Waals surface area contributed by atoms with Gasteiger partial charge in [0.25, 0.3) is 5.91 Å². The molecular weight excluding hydrogens is 423 g/mol. The molecule has 0 saturated heterocycles. The fourth-order valence-corrected chi connectivity index (χ4v) is 4.03. The van der Waals surface area contributed by atoms with Gasteiger partial charge in [0.2, 0.25) is 5.55 Å². The van der Waals surface area contributed by atoms with Crippen molar-refractivity contribution in [1.29, 1.82) is 5.41 Å². The molecule has 7 nitrogen and oxygen atoms in total. The number of amides is 1. The molecule has 156 valence electrons. The third-order valence-electron chi connectivity index (χ3n) is 4.58. The SMILES string of the molecule is COC(=O)c1c(-c2ccc(F)cc2)csc1NC(=O)c1cc2cccc(O)c2oc1=N. The van der Waals surface area contributed by atoms with Crippen molar-refractivity contribution >= 4 is 39.2 Å². The summed E-state index contributed by atoms with van der Waals surface area (Å²) in [6, 6.07) is 11.6. The Labute approximate surface area is 178 Å². The van der Waals surface area contributed by atoms with E-state index in [-0.39, 0.29) is 27.5 Å². The third-order valence-corrected chi connectivity index (χ3v) is 5.48. The molecule has 2 heterocycles. The van der Waals surface area contributed by atoms with Crippen LogP contribution < -0.4 is 10.9 Å². The van der Waals surface area contributed by atoms with Gasteiger partial charge in [-0.1, -0.05) is 24.3 Å². The lowest BCUT2D eigenvalue weighted by Gasteiger charge is -2.08. The molecule has 3 N–H and O–H groups in total. The van der Waals surface area contributed by atoms with Gasteiger partial charge in [-0.25, -0.2) is 9.18 Å². The summed E-state index contributed by atoms with van der Waals surface area (Å²) in [6.45, 7) is 0. The predicted molar refractivity (Wildman–Crippen MR) is 113 cm³/mol. The first-order chi connectivity index (χ1) is 14.9. The maximum absolute atomic E-state index is 13.3. The molecule has 0 aliphatic rings. The number of hydrogen-bond donors (Lipinski definition) is 3. The number of anilines is 1. The number of fused-ring (bicyclic) bond motifs is 1. The first-order valence-corrected chi connectivity index (χ1v) is 9.84. The highest BCUT2D eigenvalue weighted by molar-refractivity contribution is 7.15. The Bertz CT molecular complexity index is 1380. The van der Waals surface area contributed by atoms with Gasteiger partial charge >= 0.3 is 5.97 Å². The molecule has 0 aliphatic heterocycles. The van der Waals surface area contributed by atoms with Crippen LogP contribution in [0, 0.1) is 11.2 Å². The Morgan fingerprint density at radius 3 is 2.65 bits per heavy atom. The number of esters is 1. The van der Waals surface area contributed by atoms with Crippen molar-refractivity contribution in [1.82, 2.24) is 0 Å². The average Bonchev–Trinajstić information content (AvgIpc) is 3.17. The summed E-state index contributed by atoms with van der Waals surface area (Å²) in [6.07, 6.45) is 0. The van der Waals surface area contributed by atoms with Gasteiger partial charge < -0.3 is 19.6 Å². The van der Waals surface area contributed by atoms with E-state index in [0.717, 1.165) is 11.3 Å². The number of rotatable bonds is 4. The molecule has 4 rings (SSSR count). The van der Waals surface area contributed by atoms with Crippen LogP contribution in [0.5, 0.6) is 5.75 Å². The number of nitrogens with one attached hydrogen (secondary N) is 2. The molecular formula is C22H15FN2O5S. The lowest BCUT2D eigenvalue weighted by atomic mass is 10.0. The van der Waals surface area contributed by atoms with E-state index in [4.69, 9.17) is 14.6 Å². The first-order valence-electron chi connectivity index (χ1n) is 8.96. The van der Waals surface area contributed by atoms with Gasteiger partial charge in [-0.2, -0.15) is 0 Å². The Hall–Kier alpha value is -3.98. The highest BCUT2D eigenvalue weighted by Crippen LogP contribution is 2.36. The minimum Gasteiger partial charge on any atom is -0.504 e. The number of carbonyl (C=O) groups excluding carboxylic acids is 2. The fourth-order valence-electron chi connectivity index (χ4n) is 3.08. The smallest absolute Gasteiger partial charge is 0.341 e.